The van der Waals surface area contributed by atoms with E-state index in [2.05, 4.69) is 21.8 Å². The summed E-state index contributed by atoms with van der Waals surface area (Å²) in [6, 6.07) is 11.0. The van der Waals surface area contributed by atoms with Crippen LogP contribution in [0.2, 0.25) is 5.02 Å². The van der Waals surface area contributed by atoms with Crippen LogP contribution in [0.25, 0.3) is 11.1 Å². The highest BCUT2D eigenvalue weighted by molar-refractivity contribution is 6.34. The Kier molecular flexibility index (Phi) is 5.69. The van der Waals surface area contributed by atoms with Gasteiger partial charge in [-0.2, -0.15) is 0 Å². The molecule has 150 valence electrons. The lowest BCUT2D eigenvalue weighted by molar-refractivity contribution is 0.0793. The van der Waals surface area contributed by atoms with E-state index in [0.717, 1.165) is 53.9 Å². The van der Waals surface area contributed by atoms with E-state index in [-0.39, 0.29) is 5.91 Å². The lowest BCUT2D eigenvalue weighted by Crippen LogP contribution is -2.27. The minimum atomic E-state index is -0.00850. The van der Waals surface area contributed by atoms with Crippen LogP contribution in [-0.2, 0) is 0 Å². The molecular formula is C24H21ClN4O. The van der Waals surface area contributed by atoms with Crippen LogP contribution in [0.15, 0.2) is 48.8 Å². The second kappa shape index (κ2) is 8.56. The molecule has 30 heavy (non-hydrogen) atoms. The minimum Gasteiger partial charge on any atom is -0.384 e. The third kappa shape index (κ3) is 4.14. The quantitative estimate of drug-likeness (QED) is 0.631. The van der Waals surface area contributed by atoms with Gasteiger partial charge in [-0.05, 0) is 55.7 Å². The molecule has 0 aliphatic carbocycles. The number of hydrogen-bond acceptors (Lipinski definition) is 4. The van der Waals surface area contributed by atoms with Crippen molar-refractivity contribution in [3.63, 3.8) is 0 Å². The zero-order valence-corrected chi connectivity index (χ0v) is 17.4. The van der Waals surface area contributed by atoms with Crippen molar-refractivity contribution in [2.75, 3.05) is 18.8 Å². The first kappa shape index (κ1) is 19.9. The third-order valence-corrected chi connectivity index (χ3v) is 5.48. The van der Waals surface area contributed by atoms with Crippen LogP contribution in [0.5, 0.6) is 0 Å². The second-order valence-electron chi connectivity index (χ2n) is 7.23. The Morgan fingerprint density at radius 2 is 1.90 bits per heavy atom. The van der Waals surface area contributed by atoms with Gasteiger partial charge in [0.1, 0.15) is 5.82 Å². The predicted molar refractivity (Wildman–Crippen MR) is 119 cm³/mol. The number of carbonyl (C=O) groups is 1. The van der Waals surface area contributed by atoms with Crippen LogP contribution in [0.4, 0.5) is 5.82 Å². The fourth-order valence-electron chi connectivity index (χ4n) is 3.53. The molecule has 1 aliphatic heterocycles. The minimum absolute atomic E-state index is 0.00850. The number of likely N-dealkylation sites (tertiary alicyclic amines) is 1. The lowest BCUT2D eigenvalue weighted by Gasteiger charge is -2.17. The molecule has 2 aromatic heterocycles. The number of nitrogens with zero attached hydrogens (tertiary/aromatic N) is 3. The molecule has 1 aliphatic rings. The second-order valence-corrected chi connectivity index (χ2v) is 7.64. The van der Waals surface area contributed by atoms with Crippen molar-refractivity contribution < 1.29 is 4.79 Å². The van der Waals surface area contributed by atoms with Crippen molar-refractivity contribution in [2.24, 2.45) is 0 Å². The summed E-state index contributed by atoms with van der Waals surface area (Å²) in [4.78, 5) is 23.0. The van der Waals surface area contributed by atoms with Crippen molar-refractivity contribution in [1.82, 2.24) is 14.9 Å². The molecule has 0 radical (unpaired) electrons. The lowest BCUT2D eigenvalue weighted by atomic mass is 9.98. The highest BCUT2D eigenvalue weighted by atomic mass is 35.5. The van der Waals surface area contributed by atoms with E-state index in [4.69, 9.17) is 17.3 Å². The van der Waals surface area contributed by atoms with Gasteiger partial charge in [0.2, 0.25) is 0 Å². The molecule has 0 bridgehead atoms. The van der Waals surface area contributed by atoms with Crippen LogP contribution in [0.1, 0.15) is 40.0 Å². The van der Waals surface area contributed by atoms with Crippen LogP contribution in [-0.4, -0.2) is 33.9 Å². The van der Waals surface area contributed by atoms with E-state index < -0.39 is 0 Å². The van der Waals surface area contributed by atoms with Crippen LogP contribution >= 0.6 is 11.6 Å². The molecule has 3 heterocycles. The predicted octanol–water partition coefficient (Wildman–Crippen LogP) is 4.32. The molecule has 0 saturated carbocycles. The summed E-state index contributed by atoms with van der Waals surface area (Å²) >= 11 is 6.51. The number of benzene rings is 1. The first-order valence-electron chi connectivity index (χ1n) is 9.81. The summed E-state index contributed by atoms with van der Waals surface area (Å²) in [5.41, 5.74) is 10.4. The average Bonchev–Trinajstić information content (AvgIpc) is 3.28. The number of anilines is 1. The van der Waals surface area contributed by atoms with Crippen molar-refractivity contribution in [1.29, 1.82) is 0 Å². The van der Waals surface area contributed by atoms with E-state index in [1.807, 2.05) is 36.1 Å². The zero-order valence-electron chi connectivity index (χ0n) is 16.7. The van der Waals surface area contributed by atoms with Gasteiger partial charge in [-0.1, -0.05) is 29.5 Å². The fourth-order valence-corrected chi connectivity index (χ4v) is 3.79. The summed E-state index contributed by atoms with van der Waals surface area (Å²) in [5, 5.41) is 0.445. The molecule has 0 atom stereocenters. The Morgan fingerprint density at radius 3 is 2.60 bits per heavy atom. The Bertz CT molecular complexity index is 1160. The van der Waals surface area contributed by atoms with Gasteiger partial charge in [-0.25, -0.2) is 4.98 Å². The van der Waals surface area contributed by atoms with Crippen molar-refractivity contribution >= 4 is 23.3 Å². The van der Waals surface area contributed by atoms with E-state index >= 15 is 0 Å². The van der Waals surface area contributed by atoms with Crippen LogP contribution < -0.4 is 5.73 Å². The van der Waals surface area contributed by atoms with Crippen molar-refractivity contribution in [3.05, 3.63) is 76.2 Å². The van der Waals surface area contributed by atoms with Crippen LogP contribution in [0.3, 0.4) is 0 Å². The molecule has 2 N–H and O–H groups in total. The number of nitrogen functional groups attached to an aromatic ring is 1. The molecule has 1 fully saturated rings. The average molecular weight is 417 g/mol. The number of rotatable bonds is 2. The van der Waals surface area contributed by atoms with Gasteiger partial charge in [0.25, 0.3) is 5.91 Å². The Morgan fingerprint density at radius 1 is 1.10 bits per heavy atom. The molecule has 6 heteroatoms. The molecule has 1 saturated heterocycles. The van der Waals surface area contributed by atoms with Gasteiger partial charge >= 0.3 is 0 Å². The molecule has 1 amide bonds. The van der Waals surface area contributed by atoms with Crippen LogP contribution in [0, 0.1) is 18.8 Å². The first-order valence-corrected chi connectivity index (χ1v) is 10.2. The molecule has 5 nitrogen and oxygen atoms in total. The third-order valence-electron chi connectivity index (χ3n) is 5.16. The molecule has 1 aromatic carbocycles. The van der Waals surface area contributed by atoms with E-state index in [9.17, 15) is 4.79 Å². The van der Waals surface area contributed by atoms with E-state index in [1.54, 1.807) is 24.5 Å². The zero-order chi connectivity index (χ0) is 21.1. The summed E-state index contributed by atoms with van der Waals surface area (Å²) in [7, 11) is 0. The number of pyridine rings is 2. The highest BCUT2D eigenvalue weighted by Gasteiger charge is 2.22. The number of aryl methyl sites for hydroxylation is 1. The number of amides is 1. The van der Waals surface area contributed by atoms with Crippen molar-refractivity contribution in [3.8, 4) is 23.0 Å². The SMILES string of the molecule is Cc1nccc(-c2ccc(C(=O)N3CCCC3)c(Cl)c2)c1C#Cc1ccc(N)nc1. The number of halogens is 1. The molecular weight excluding hydrogens is 396 g/mol. The van der Waals surface area contributed by atoms with Gasteiger partial charge in [0.05, 0.1) is 21.8 Å². The maximum atomic E-state index is 12.7. The van der Waals surface area contributed by atoms with Gasteiger partial charge in [-0.3, -0.25) is 9.78 Å². The molecule has 0 unspecified atom stereocenters. The monoisotopic (exact) mass is 416 g/mol. The fraction of sp³-hybridized carbons (Fsp3) is 0.208. The van der Waals surface area contributed by atoms with Gasteiger partial charge in [0, 0.05) is 36.6 Å². The molecule has 4 rings (SSSR count). The standard InChI is InChI=1S/C24H21ClN4O/c1-16-19(7-4-17-5-9-23(26)28-15-17)20(10-11-27-16)18-6-8-21(22(25)14-18)24(30)29-12-2-3-13-29/h5-6,8-11,14-15H,2-3,12-13H2,1H3,(H2,26,28). The van der Waals surface area contributed by atoms with Gasteiger partial charge in [0.15, 0.2) is 0 Å². The Balaban J connectivity index is 1.69. The van der Waals surface area contributed by atoms with Crippen molar-refractivity contribution in [2.45, 2.75) is 19.8 Å². The summed E-state index contributed by atoms with van der Waals surface area (Å²) in [6.07, 6.45) is 5.48. The normalized spacial score (nSPS) is 13.1. The smallest absolute Gasteiger partial charge is 0.255 e. The summed E-state index contributed by atoms with van der Waals surface area (Å²) < 4.78 is 0. The number of aromatic nitrogens is 2. The Hall–Kier alpha value is -3.36. The van der Waals surface area contributed by atoms with Gasteiger partial charge in [-0.15, -0.1) is 0 Å². The summed E-state index contributed by atoms with van der Waals surface area (Å²) in [6.45, 7) is 3.50. The maximum absolute atomic E-state index is 12.7. The first-order chi connectivity index (χ1) is 14.5. The summed E-state index contributed by atoms with van der Waals surface area (Å²) in [5.74, 6) is 6.77. The van der Waals surface area contributed by atoms with E-state index in [0.29, 0.717) is 16.4 Å². The topological polar surface area (TPSA) is 72.1 Å². The Labute approximate surface area is 180 Å². The number of carbonyl (C=O) groups excluding carboxylic acids is 1. The molecule has 0 spiro atoms. The largest absolute Gasteiger partial charge is 0.384 e. The van der Waals surface area contributed by atoms with Gasteiger partial charge < -0.3 is 10.6 Å². The van der Waals surface area contributed by atoms with E-state index in [1.165, 1.54) is 0 Å². The number of nitrogens with two attached hydrogens (primary N) is 1. The number of hydrogen-bond donors (Lipinski definition) is 1. The maximum Gasteiger partial charge on any atom is 0.255 e. The molecule has 3 aromatic rings. The highest BCUT2D eigenvalue weighted by Crippen LogP contribution is 2.30.